The molecule has 37 heavy (non-hydrogen) atoms. The molecule has 0 fully saturated rings. The number of hydrogen-bond acceptors (Lipinski definition) is 4. The molecule has 0 unspecified atom stereocenters. The first-order chi connectivity index (χ1) is 17.5. The highest BCUT2D eigenvalue weighted by atomic mass is 35.5. The Morgan fingerprint density at radius 2 is 1.54 bits per heavy atom. The van der Waals surface area contributed by atoms with Crippen LogP contribution < -0.4 is 9.62 Å². The van der Waals surface area contributed by atoms with Gasteiger partial charge in [0.1, 0.15) is 12.6 Å². The fourth-order valence-corrected chi connectivity index (χ4v) is 5.26. The van der Waals surface area contributed by atoms with E-state index in [4.69, 9.17) is 23.2 Å². The highest BCUT2D eigenvalue weighted by Crippen LogP contribution is 2.26. The Hall–Kier alpha value is -3.07. The maximum absolute atomic E-state index is 13.9. The third-order valence-corrected chi connectivity index (χ3v) is 7.50. The third-order valence-electron chi connectivity index (χ3n) is 5.89. The summed E-state index contributed by atoms with van der Waals surface area (Å²) in [6.45, 7) is 1.31. The van der Waals surface area contributed by atoms with Gasteiger partial charge in [-0.15, -0.1) is 0 Å². The molecule has 0 aliphatic rings. The van der Waals surface area contributed by atoms with E-state index in [9.17, 15) is 18.0 Å². The normalized spacial score (nSPS) is 12.0. The van der Waals surface area contributed by atoms with Crippen molar-refractivity contribution in [2.75, 3.05) is 24.2 Å². The van der Waals surface area contributed by atoms with E-state index in [2.05, 4.69) is 5.32 Å². The van der Waals surface area contributed by atoms with E-state index < -0.39 is 28.5 Å². The lowest BCUT2D eigenvalue weighted by molar-refractivity contribution is -0.139. The Kier molecular flexibility index (Phi) is 9.59. The Labute approximate surface area is 228 Å². The predicted molar refractivity (Wildman–Crippen MR) is 148 cm³/mol. The Morgan fingerprint density at radius 3 is 2.11 bits per heavy atom. The van der Waals surface area contributed by atoms with Gasteiger partial charge in [-0.3, -0.25) is 13.9 Å². The van der Waals surface area contributed by atoms with Gasteiger partial charge >= 0.3 is 0 Å². The second kappa shape index (κ2) is 12.4. The Morgan fingerprint density at radius 1 is 0.919 bits per heavy atom. The highest BCUT2D eigenvalue weighted by molar-refractivity contribution is 7.92. The SMILES string of the molecule is CNC(=O)[C@H](Cc1ccccc1)N(Cc1ccc(Cl)cc1)C(=O)CN(c1ccc(Cl)cc1C)S(C)(=O)=O. The third kappa shape index (κ3) is 7.71. The van der Waals surface area contributed by atoms with Crippen LogP contribution in [0.3, 0.4) is 0 Å². The van der Waals surface area contributed by atoms with E-state index in [-0.39, 0.29) is 18.9 Å². The number of hydrogen-bond donors (Lipinski definition) is 1. The molecule has 0 saturated heterocycles. The molecule has 0 saturated carbocycles. The molecule has 10 heteroatoms. The number of likely N-dealkylation sites (N-methyl/N-ethyl adjacent to an activating group) is 1. The van der Waals surface area contributed by atoms with Crippen molar-refractivity contribution in [1.29, 1.82) is 0 Å². The van der Waals surface area contributed by atoms with Gasteiger partial charge in [0, 0.05) is 30.1 Å². The number of anilines is 1. The van der Waals surface area contributed by atoms with Crippen LogP contribution in [-0.2, 0) is 32.6 Å². The minimum Gasteiger partial charge on any atom is -0.357 e. The lowest BCUT2D eigenvalue weighted by Gasteiger charge is -2.33. The van der Waals surface area contributed by atoms with E-state index in [1.807, 2.05) is 30.3 Å². The molecule has 0 aliphatic heterocycles. The van der Waals surface area contributed by atoms with Gasteiger partial charge in [0.15, 0.2) is 0 Å². The number of carbonyl (C=O) groups excluding carboxylic acids is 2. The van der Waals surface area contributed by atoms with E-state index in [0.29, 0.717) is 21.3 Å². The molecule has 1 atom stereocenters. The van der Waals surface area contributed by atoms with Crippen molar-refractivity contribution in [3.63, 3.8) is 0 Å². The predicted octanol–water partition coefficient (Wildman–Crippen LogP) is 4.45. The number of halogens is 2. The number of rotatable bonds is 10. The Balaban J connectivity index is 2.04. The molecule has 0 bridgehead atoms. The molecule has 1 N–H and O–H groups in total. The lowest BCUT2D eigenvalue weighted by Crippen LogP contribution is -2.53. The summed E-state index contributed by atoms with van der Waals surface area (Å²) in [7, 11) is -2.34. The molecule has 0 aliphatic carbocycles. The molecule has 3 rings (SSSR count). The summed E-state index contributed by atoms with van der Waals surface area (Å²) in [4.78, 5) is 28.4. The number of sulfonamides is 1. The van der Waals surface area contributed by atoms with Gasteiger partial charge in [0.2, 0.25) is 21.8 Å². The van der Waals surface area contributed by atoms with Crippen molar-refractivity contribution in [1.82, 2.24) is 10.2 Å². The molecular formula is C27H29Cl2N3O4S. The van der Waals surface area contributed by atoms with Gasteiger partial charge in [-0.2, -0.15) is 0 Å². The number of aryl methyl sites for hydroxylation is 1. The second-order valence-corrected chi connectivity index (χ2v) is 11.4. The molecule has 3 aromatic carbocycles. The number of nitrogens with zero attached hydrogens (tertiary/aromatic N) is 2. The first-order valence-corrected chi connectivity index (χ1v) is 14.1. The van der Waals surface area contributed by atoms with Gasteiger partial charge in [0.25, 0.3) is 0 Å². The first-order valence-electron chi connectivity index (χ1n) is 11.5. The van der Waals surface area contributed by atoms with Crippen LogP contribution >= 0.6 is 23.2 Å². The lowest BCUT2D eigenvalue weighted by atomic mass is 10.0. The van der Waals surface area contributed by atoms with Crippen molar-refractivity contribution in [3.05, 3.63) is 99.5 Å². The molecule has 2 amide bonds. The highest BCUT2D eigenvalue weighted by Gasteiger charge is 2.33. The topological polar surface area (TPSA) is 86.8 Å². The number of carbonyl (C=O) groups is 2. The van der Waals surface area contributed by atoms with Crippen molar-refractivity contribution >= 4 is 50.7 Å². The summed E-state index contributed by atoms with van der Waals surface area (Å²) in [5.74, 6) is -0.890. The minimum absolute atomic E-state index is 0.0815. The monoisotopic (exact) mass is 561 g/mol. The van der Waals surface area contributed by atoms with Crippen molar-refractivity contribution in [3.8, 4) is 0 Å². The maximum Gasteiger partial charge on any atom is 0.244 e. The number of amides is 2. The first kappa shape index (κ1) is 28.5. The maximum atomic E-state index is 13.9. The van der Waals surface area contributed by atoms with Crippen LogP contribution in [0.15, 0.2) is 72.8 Å². The molecule has 0 spiro atoms. The summed E-state index contributed by atoms with van der Waals surface area (Å²) in [6.07, 6.45) is 1.29. The van der Waals surface area contributed by atoms with Crippen LogP contribution in [0.4, 0.5) is 5.69 Å². The number of benzene rings is 3. The van der Waals surface area contributed by atoms with Crippen LogP contribution in [-0.4, -0.2) is 51.0 Å². The summed E-state index contributed by atoms with van der Waals surface area (Å²) in [5.41, 5.74) is 2.54. The van der Waals surface area contributed by atoms with E-state index in [1.165, 1.54) is 11.9 Å². The number of nitrogens with one attached hydrogen (secondary N) is 1. The summed E-state index contributed by atoms with van der Waals surface area (Å²) in [5, 5.41) is 3.63. The van der Waals surface area contributed by atoms with Gasteiger partial charge in [0.05, 0.1) is 11.9 Å². The molecule has 0 aromatic heterocycles. The molecule has 0 heterocycles. The van der Waals surface area contributed by atoms with Gasteiger partial charge in [-0.25, -0.2) is 8.42 Å². The molecule has 0 radical (unpaired) electrons. The van der Waals surface area contributed by atoms with E-state index >= 15 is 0 Å². The quantitative estimate of drug-likeness (QED) is 0.396. The molecular weight excluding hydrogens is 533 g/mol. The average Bonchev–Trinajstić information content (AvgIpc) is 2.85. The van der Waals surface area contributed by atoms with Gasteiger partial charge in [-0.05, 0) is 53.9 Å². The molecule has 7 nitrogen and oxygen atoms in total. The fraction of sp³-hybridized carbons (Fsp3) is 0.259. The van der Waals surface area contributed by atoms with Gasteiger partial charge < -0.3 is 10.2 Å². The van der Waals surface area contributed by atoms with Crippen LogP contribution in [0.5, 0.6) is 0 Å². The summed E-state index contributed by atoms with van der Waals surface area (Å²) >= 11 is 12.1. The second-order valence-electron chi connectivity index (χ2n) is 8.67. The van der Waals surface area contributed by atoms with Crippen LogP contribution in [0, 0.1) is 6.92 Å². The average molecular weight is 563 g/mol. The largest absolute Gasteiger partial charge is 0.357 e. The smallest absolute Gasteiger partial charge is 0.244 e. The van der Waals surface area contributed by atoms with Crippen molar-refractivity contribution < 1.29 is 18.0 Å². The van der Waals surface area contributed by atoms with Crippen molar-refractivity contribution in [2.45, 2.75) is 25.9 Å². The minimum atomic E-state index is -3.85. The van der Waals surface area contributed by atoms with Gasteiger partial charge in [-0.1, -0.05) is 65.7 Å². The standard InChI is InChI=1S/C27H29Cl2N3O4S/c1-19-15-23(29)13-14-24(19)32(37(3,35)36)18-26(33)31(17-21-9-11-22(28)12-10-21)25(27(34)30-2)16-20-7-5-4-6-8-20/h4-15,25H,16-18H2,1-3H3,(H,30,34)/t25-/m0/s1. The Bertz CT molecular complexity index is 1350. The van der Waals surface area contributed by atoms with Crippen molar-refractivity contribution in [2.24, 2.45) is 0 Å². The zero-order chi connectivity index (χ0) is 27.2. The summed E-state index contributed by atoms with van der Waals surface area (Å²) in [6, 6.07) is 20.2. The molecule has 3 aromatic rings. The zero-order valence-electron chi connectivity index (χ0n) is 20.8. The van der Waals surface area contributed by atoms with Crippen LogP contribution in [0.25, 0.3) is 0 Å². The summed E-state index contributed by atoms with van der Waals surface area (Å²) < 4.78 is 26.6. The molecule has 196 valence electrons. The van der Waals surface area contributed by atoms with E-state index in [0.717, 1.165) is 21.7 Å². The van der Waals surface area contributed by atoms with E-state index in [1.54, 1.807) is 49.4 Å². The van der Waals surface area contributed by atoms with Crippen LogP contribution in [0.1, 0.15) is 16.7 Å². The fourth-order valence-electron chi connectivity index (χ4n) is 4.00. The van der Waals surface area contributed by atoms with Crippen LogP contribution in [0.2, 0.25) is 10.0 Å². The zero-order valence-corrected chi connectivity index (χ0v) is 23.1.